The van der Waals surface area contributed by atoms with Gasteiger partial charge in [-0.1, -0.05) is 72.7 Å². The molecule has 27 heavy (non-hydrogen) atoms. The van der Waals surface area contributed by atoms with Crippen LogP contribution in [0.2, 0.25) is 0 Å². The first-order valence-corrected chi connectivity index (χ1v) is 10.6. The molecule has 1 fully saturated rings. The topological polar surface area (TPSA) is 0 Å². The maximum absolute atomic E-state index is 12.0. The largest absolute Gasteiger partial charge is 0.251 e. The first-order valence-electron chi connectivity index (χ1n) is 10.6. The van der Waals surface area contributed by atoms with Crippen LogP contribution >= 0.6 is 0 Å². The summed E-state index contributed by atoms with van der Waals surface area (Å²) in [5, 5.41) is 0. The highest BCUT2D eigenvalue weighted by atomic mass is 19.1. The third-order valence-electron chi connectivity index (χ3n) is 6.04. The quantitative estimate of drug-likeness (QED) is 0.328. The van der Waals surface area contributed by atoms with Gasteiger partial charge in [-0.3, -0.25) is 4.39 Å². The molecule has 0 saturated heterocycles. The standard InChI is InChI=1S/C26H33F/c1-21-8-12-23(13-9-21)25-16-18-26(19-17-25)24-14-10-22(11-15-24)7-5-3-2-4-6-20-27/h2,4,8-9,12-13,16-19,22,24H,3,5-7,10-11,14-15,20H2,1H3/b4-2+. The molecule has 0 radical (unpaired) electrons. The van der Waals surface area contributed by atoms with Gasteiger partial charge in [-0.2, -0.15) is 0 Å². The van der Waals surface area contributed by atoms with Gasteiger partial charge in [0, 0.05) is 0 Å². The van der Waals surface area contributed by atoms with Crippen molar-refractivity contribution in [1.29, 1.82) is 0 Å². The Labute approximate surface area is 164 Å². The van der Waals surface area contributed by atoms with E-state index in [1.807, 2.05) is 6.08 Å². The minimum absolute atomic E-state index is 0.230. The average Bonchev–Trinajstić information content (AvgIpc) is 2.72. The summed E-state index contributed by atoms with van der Waals surface area (Å²) in [6.45, 7) is 1.90. The van der Waals surface area contributed by atoms with Gasteiger partial charge in [-0.25, -0.2) is 0 Å². The van der Waals surface area contributed by atoms with Crippen molar-refractivity contribution in [2.24, 2.45) is 5.92 Å². The molecule has 0 nitrogen and oxygen atoms in total. The molecule has 0 atom stereocenters. The Kier molecular flexibility index (Phi) is 7.68. The van der Waals surface area contributed by atoms with E-state index in [2.05, 4.69) is 61.5 Å². The van der Waals surface area contributed by atoms with Crippen molar-refractivity contribution < 1.29 is 4.39 Å². The van der Waals surface area contributed by atoms with Crippen molar-refractivity contribution in [2.75, 3.05) is 6.67 Å². The first-order chi connectivity index (χ1) is 13.3. The Hall–Kier alpha value is -1.89. The molecule has 144 valence electrons. The lowest BCUT2D eigenvalue weighted by molar-refractivity contribution is 0.305. The fourth-order valence-electron chi connectivity index (χ4n) is 4.30. The van der Waals surface area contributed by atoms with Crippen molar-refractivity contribution in [1.82, 2.24) is 0 Å². The number of benzene rings is 2. The van der Waals surface area contributed by atoms with Crippen LogP contribution in [-0.2, 0) is 0 Å². The van der Waals surface area contributed by atoms with Crippen LogP contribution in [0, 0.1) is 12.8 Å². The van der Waals surface area contributed by atoms with E-state index in [4.69, 9.17) is 0 Å². The van der Waals surface area contributed by atoms with Gasteiger partial charge in [0.2, 0.25) is 0 Å². The van der Waals surface area contributed by atoms with Crippen molar-refractivity contribution in [3.63, 3.8) is 0 Å². The second-order valence-electron chi connectivity index (χ2n) is 8.09. The molecule has 0 aliphatic heterocycles. The van der Waals surface area contributed by atoms with Crippen LogP contribution in [0.3, 0.4) is 0 Å². The zero-order valence-corrected chi connectivity index (χ0v) is 16.7. The lowest BCUT2D eigenvalue weighted by Gasteiger charge is -2.29. The Morgan fingerprint density at radius 1 is 0.815 bits per heavy atom. The van der Waals surface area contributed by atoms with Crippen LogP contribution in [-0.4, -0.2) is 6.67 Å². The molecule has 0 N–H and O–H groups in total. The summed E-state index contributed by atoms with van der Waals surface area (Å²) in [7, 11) is 0. The maximum atomic E-state index is 12.0. The third-order valence-corrected chi connectivity index (χ3v) is 6.04. The van der Waals surface area contributed by atoms with E-state index in [1.54, 1.807) is 0 Å². The normalized spacial score (nSPS) is 20.2. The minimum atomic E-state index is -0.230. The number of halogens is 1. The Morgan fingerprint density at radius 2 is 1.41 bits per heavy atom. The number of alkyl halides is 1. The zero-order valence-electron chi connectivity index (χ0n) is 16.7. The van der Waals surface area contributed by atoms with Crippen LogP contribution in [0.25, 0.3) is 11.1 Å². The number of allylic oxidation sites excluding steroid dienone is 2. The van der Waals surface area contributed by atoms with Gasteiger partial charge in [0.1, 0.15) is 0 Å². The molecule has 2 aromatic carbocycles. The fourth-order valence-corrected chi connectivity index (χ4v) is 4.30. The predicted molar refractivity (Wildman–Crippen MR) is 115 cm³/mol. The van der Waals surface area contributed by atoms with E-state index in [9.17, 15) is 4.39 Å². The number of rotatable bonds is 8. The van der Waals surface area contributed by atoms with Crippen molar-refractivity contribution in [3.05, 3.63) is 71.8 Å². The van der Waals surface area contributed by atoms with Crippen LogP contribution in [0.4, 0.5) is 4.39 Å². The van der Waals surface area contributed by atoms with Crippen molar-refractivity contribution in [3.8, 4) is 11.1 Å². The number of aryl methyl sites for hydroxylation is 1. The molecule has 1 saturated carbocycles. The highest BCUT2D eigenvalue weighted by Gasteiger charge is 2.21. The average molecular weight is 365 g/mol. The van der Waals surface area contributed by atoms with E-state index in [0.29, 0.717) is 6.42 Å². The zero-order chi connectivity index (χ0) is 18.9. The molecule has 3 rings (SSSR count). The Bertz CT molecular complexity index is 688. The number of hydrogen-bond acceptors (Lipinski definition) is 0. The molecule has 1 heteroatoms. The van der Waals surface area contributed by atoms with Gasteiger partial charge >= 0.3 is 0 Å². The summed E-state index contributed by atoms with van der Waals surface area (Å²) in [4.78, 5) is 0. The molecule has 2 aromatic rings. The molecule has 0 spiro atoms. The highest BCUT2D eigenvalue weighted by molar-refractivity contribution is 5.64. The second kappa shape index (κ2) is 10.4. The molecule has 1 aliphatic rings. The van der Waals surface area contributed by atoms with Crippen LogP contribution in [0.5, 0.6) is 0 Å². The highest BCUT2D eigenvalue weighted by Crippen LogP contribution is 2.38. The molecular weight excluding hydrogens is 331 g/mol. The lowest BCUT2D eigenvalue weighted by atomic mass is 9.77. The Morgan fingerprint density at radius 3 is 2.04 bits per heavy atom. The number of unbranched alkanes of at least 4 members (excludes halogenated alkanes) is 1. The molecule has 0 bridgehead atoms. The van der Waals surface area contributed by atoms with Gasteiger partial charge in [-0.15, -0.1) is 0 Å². The summed E-state index contributed by atoms with van der Waals surface area (Å²) >= 11 is 0. The van der Waals surface area contributed by atoms with Crippen LogP contribution < -0.4 is 0 Å². The molecule has 1 aliphatic carbocycles. The van der Waals surface area contributed by atoms with E-state index in [0.717, 1.165) is 18.3 Å². The van der Waals surface area contributed by atoms with Gasteiger partial charge in [0.05, 0.1) is 6.67 Å². The monoisotopic (exact) mass is 364 g/mol. The summed E-state index contributed by atoms with van der Waals surface area (Å²) in [5.74, 6) is 1.63. The fraction of sp³-hybridized carbons (Fsp3) is 0.462. The smallest absolute Gasteiger partial charge is 0.0928 e. The van der Waals surface area contributed by atoms with Crippen molar-refractivity contribution in [2.45, 2.75) is 64.2 Å². The van der Waals surface area contributed by atoms with E-state index in [-0.39, 0.29) is 6.67 Å². The van der Waals surface area contributed by atoms with Gasteiger partial charge in [0.25, 0.3) is 0 Å². The second-order valence-corrected chi connectivity index (χ2v) is 8.09. The summed E-state index contributed by atoms with van der Waals surface area (Å²) in [6.07, 6.45) is 13.8. The van der Waals surface area contributed by atoms with E-state index >= 15 is 0 Å². The third kappa shape index (κ3) is 6.06. The Balaban J connectivity index is 1.45. The SMILES string of the molecule is Cc1ccc(-c2ccc(C3CCC(CCC/C=C/CCF)CC3)cc2)cc1. The van der Waals surface area contributed by atoms with Crippen molar-refractivity contribution >= 4 is 0 Å². The van der Waals surface area contributed by atoms with Crippen LogP contribution in [0.1, 0.15) is 68.4 Å². The van der Waals surface area contributed by atoms with E-state index in [1.165, 1.54) is 60.8 Å². The van der Waals surface area contributed by atoms with E-state index < -0.39 is 0 Å². The molecule has 0 heterocycles. The van der Waals surface area contributed by atoms with Gasteiger partial charge < -0.3 is 0 Å². The molecule has 0 amide bonds. The lowest BCUT2D eigenvalue weighted by Crippen LogP contribution is -2.13. The molecular formula is C26H33F. The molecule has 0 unspecified atom stereocenters. The molecule has 0 aromatic heterocycles. The summed E-state index contributed by atoms with van der Waals surface area (Å²) in [6, 6.07) is 18.0. The predicted octanol–water partition coefficient (Wildman–Crippen LogP) is 8.02. The van der Waals surface area contributed by atoms with Crippen LogP contribution in [0.15, 0.2) is 60.7 Å². The maximum Gasteiger partial charge on any atom is 0.0928 e. The van der Waals surface area contributed by atoms with Gasteiger partial charge in [0.15, 0.2) is 0 Å². The number of hydrogen-bond donors (Lipinski definition) is 0. The van der Waals surface area contributed by atoms with Gasteiger partial charge in [-0.05, 0) is 80.4 Å². The summed E-state index contributed by atoms with van der Waals surface area (Å²) in [5.41, 5.74) is 5.44. The minimum Gasteiger partial charge on any atom is -0.251 e. The summed E-state index contributed by atoms with van der Waals surface area (Å²) < 4.78 is 12.0. The first kappa shape index (κ1) is 19.9.